The first-order chi connectivity index (χ1) is 13.1. The molecule has 6 nitrogen and oxygen atoms in total. The van der Waals surface area contributed by atoms with E-state index < -0.39 is 0 Å². The van der Waals surface area contributed by atoms with Crippen molar-refractivity contribution < 1.29 is 9.18 Å². The Hall–Kier alpha value is -2.06. The molecule has 0 radical (unpaired) electrons. The second-order valence-electron chi connectivity index (χ2n) is 6.46. The highest BCUT2D eigenvalue weighted by atomic mass is 79.9. The number of halogens is 2. The number of aromatic nitrogens is 2. The summed E-state index contributed by atoms with van der Waals surface area (Å²) in [5.74, 6) is 0.441. The Morgan fingerprint density at radius 2 is 1.93 bits per heavy atom. The number of piperazine rings is 1. The molecule has 0 saturated carbocycles. The van der Waals surface area contributed by atoms with Gasteiger partial charge in [-0.25, -0.2) is 14.4 Å². The molecule has 0 unspecified atom stereocenters. The third kappa shape index (κ3) is 5.97. The Bertz CT molecular complexity index is 753. The lowest BCUT2D eigenvalue weighted by atomic mass is 10.1. The highest BCUT2D eigenvalue weighted by Crippen LogP contribution is 2.16. The van der Waals surface area contributed by atoms with Crippen LogP contribution >= 0.6 is 15.9 Å². The number of amides is 1. The van der Waals surface area contributed by atoms with E-state index in [1.807, 2.05) is 6.07 Å². The van der Waals surface area contributed by atoms with Crippen LogP contribution < -0.4 is 10.2 Å². The summed E-state index contributed by atoms with van der Waals surface area (Å²) in [7, 11) is 0. The van der Waals surface area contributed by atoms with Gasteiger partial charge in [-0.2, -0.15) is 0 Å². The standard InChI is InChI=1S/C19H23BrFN5O/c20-16-4-2-15(17(21)14-16)3-5-18(27)22-8-9-25-10-12-26(13-11-25)19-23-6-1-7-24-19/h1-2,4,6-7,14H,3,5,8-13H2,(H,22,27). The molecule has 1 amide bonds. The molecule has 1 aliphatic heterocycles. The molecule has 8 heteroatoms. The van der Waals surface area contributed by atoms with Gasteiger partial charge in [-0.15, -0.1) is 0 Å². The van der Waals surface area contributed by atoms with Gasteiger partial charge in [0.2, 0.25) is 11.9 Å². The molecule has 0 bridgehead atoms. The molecule has 2 aromatic rings. The number of hydrogen-bond acceptors (Lipinski definition) is 5. The van der Waals surface area contributed by atoms with Crippen LogP contribution in [0, 0.1) is 5.82 Å². The molecule has 1 aromatic carbocycles. The largest absolute Gasteiger partial charge is 0.355 e. The fourth-order valence-corrected chi connectivity index (χ4v) is 3.37. The second kappa shape index (κ2) is 9.75. The smallest absolute Gasteiger partial charge is 0.225 e. The quantitative estimate of drug-likeness (QED) is 0.722. The highest BCUT2D eigenvalue weighted by molar-refractivity contribution is 9.10. The Labute approximate surface area is 166 Å². The molecule has 3 rings (SSSR count). The van der Waals surface area contributed by atoms with Crippen molar-refractivity contribution in [2.75, 3.05) is 44.2 Å². The minimum Gasteiger partial charge on any atom is -0.355 e. The third-order valence-electron chi connectivity index (χ3n) is 4.59. The van der Waals surface area contributed by atoms with Gasteiger partial charge in [0.05, 0.1) is 0 Å². The summed E-state index contributed by atoms with van der Waals surface area (Å²) in [5, 5.41) is 2.92. The molecular formula is C19H23BrFN5O. The van der Waals surface area contributed by atoms with Gasteiger partial charge in [0.15, 0.2) is 0 Å². The molecule has 2 heterocycles. The van der Waals surface area contributed by atoms with Gasteiger partial charge in [-0.1, -0.05) is 22.0 Å². The number of carbonyl (C=O) groups is 1. The van der Waals surface area contributed by atoms with Gasteiger partial charge in [0, 0.05) is 62.6 Å². The first kappa shape index (κ1) is 19.7. The van der Waals surface area contributed by atoms with Crippen molar-refractivity contribution in [1.82, 2.24) is 20.2 Å². The van der Waals surface area contributed by atoms with Gasteiger partial charge in [-0.05, 0) is 30.2 Å². The van der Waals surface area contributed by atoms with Crippen molar-refractivity contribution >= 4 is 27.8 Å². The minimum atomic E-state index is -0.280. The van der Waals surface area contributed by atoms with E-state index in [0.29, 0.717) is 23.0 Å². The topological polar surface area (TPSA) is 61.4 Å². The Morgan fingerprint density at radius 1 is 1.19 bits per heavy atom. The van der Waals surface area contributed by atoms with Crippen molar-refractivity contribution in [1.29, 1.82) is 0 Å². The van der Waals surface area contributed by atoms with Crippen LogP contribution in [0.15, 0.2) is 41.1 Å². The summed E-state index contributed by atoms with van der Waals surface area (Å²) < 4.78 is 14.5. The fourth-order valence-electron chi connectivity index (χ4n) is 3.04. The SMILES string of the molecule is O=C(CCc1ccc(Br)cc1F)NCCN1CCN(c2ncccn2)CC1. The van der Waals surface area contributed by atoms with E-state index in [1.165, 1.54) is 6.07 Å². The van der Waals surface area contributed by atoms with E-state index in [-0.39, 0.29) is 18.1 Å². The van der Waals surface area contributed by atoms with Crippen molar-refractivity contribution in [3.05, 3.63) is 52.5 Å². The summed E-state index contributed by atoms with van der Waals surface area (Å²) in [4.78, 5) is 25.0. The average molecular weight is 436 g/mol. The van der Waals surface area contributed by atoms with E-state index in [2.05, 4.69) is 41.0 Å². The molecule has 0 aliphatic carbocycles. The number of aryl methyl sites for hydroxylation is 1. The van der Waals surface area contributed by atoms with Gasteiger partial charge < -0.3 is 10.2 Å². The molecule has 144 valence electrons. The molecule has 1 aliphatic rings. The Kier molecular flexibility index (Phi) is 7.11. The lowest BCUT2D eigenvalue weighted by Crippen LogP contribution is -2.49. The van der Waals surface area contributed by atoms with Gasteiger partial charge in [0.25, 0.3) is 0 Å². The number of rotatable bonds is 7. The van der Waals surface area contributed by atoms with E-state index in [1.54, 1.807) is 24.5 Å². The van der Waals surface area contributed by atoms with Crippen LogP contribution in [-0.2, 0) is 11.2 Å². The predicted molar refractivity (Wildman–Crippen MR) is 106 cm³/mol. The maximum atomic E-state index is 13.8. The molecule has 1 aromatic heterocycles. The van der Waals surface area contributed by atoms with Crippen molar-refractivity contribution in [3.63, 3.8) is 0 Å². The van der Waals surface area contributed by atoms with Crippen molar-refractivity contribution in [2.45, 2.75) is 12.8 Å². The lowest BCUT2D eigenvalue weighted by Gasteiger charge is -2.34. The zero-order valence-electron chi connectivity index (χ0n) is 15.1. The van der Waals surface area contributed by atoms with Crippen LogP contribution in [0.3, 0.4) is 0 Å². The zero-order chi connectivity index (χ0) is 19.1. The highest BCUT2D eigenvalue weighted by Gasteiger charge is 2.18. The number of nitrogens with zero attached hydrogens (tertiary/aromatic N) is 4. The van der Waals surface area contributed by atoms with Crippen molar-refractivity contribution in [3.8, 4) is 0 Å². The van der Waals surface area contributed by atoms with Crippen molar-refractivity contribution in [2.24, 2.45) is 0 Å². The van der Waals surface area contributed by atoms with E-state index >= 15 is 0 Å². The van der Waals surface area contributed by atoms with E-state index in [0.717, 1.165) is 38.7 Å². The van der Waals surface area contributed by atoms with Gasteiger partial charge >= 0.3 is 0 Å². The van der Waals surface area contributed by atoms with E-state index in [9.17, 15) is 9.18 Å². The maximum Gasteiger partial charge on any atom is 0.225 e. The normalized spacial score (nSPS) is 15.0. The van der Waals surface area contributed by atoms with Gasteiger partial charge in [-0.3, -0.25) is 9.69 Å². The van der Waals surface area contributed by atoms with Crippen LogP contribution in [0.4, 0.5) is 10.3 Å². The van der Waals surface area contributed by atoms with Gasteiger partial charge in [0.1, 0.15) is 5.82 Å². The first-order valence-corrected chi connectivity index (χ1v) is 9.86. The van der Waals surface area contributed by atoms with E-state index in [4.69, 9.17) is 0 Å². The lowest BCUT2D eigenvalue weighted by molar-refractivity contribution is -0.121. The van der Waals surface area contributed by atoms with Crippen LogP contribution in [-0.4, -0.2) is 60.0 Å². The molecule has 0 spiro atoms. The molecule has 1 N–H and O–H groups in total. The summed E-state index contributed by atoms with van der Waals surface area (Å²) in [6.07, 6.45) is 4.20. The second-order valence-corrected chi connectivity index (χ2v) is 7.38. The number of anilines is 1. The Morgan fingerprint density at radius 3 is 2.63 bits per heavy atom. The number of carbonyl (C=O) groups excluding carboxylic acids is 1. The summed E-state index contributed by atoms with van der Waals surface area (Å²) in [5.41, 5.74) is 0.563. The third-order valence-corrected chi connectivity index (χ3v) is 5.09. The Balaban J connectivity index is 1.32. The van der Waals surface area contributed by atoms with Crippen LogP contribution in [0.2, 0.25) is 0 Å². The molecular weight excluding hydrogens is 413 g/mol. The number of hydrogen-bond donors (Lipinski definition) is 1. The molecule has 1 saturated heterocycles. The predicted octanol–water partition coefficient (Wildman–Crippen LogP) is 2.25. The number of nitrogens with one attached hydrogen (secondary N) is 1. The summed E-state index contributed by atoms with van der Waals surface area (Å²) in [6, 6.07) is 6.74. The molecule has 1 fully saturated rings. The summed E-state index contributed by atoms with van der Waals surface area (Å²) in [6.45, 7) is 4.99. The minimum absolute atomic E-state index is 0.0476. The zero-order valence-corrected chi connectivity index (χ0v) is 16.7. The van der Waals surface area contributed by atoms with Crippen LogP contribution in [0.25, 0.3) is 0 Å². The average Bonchev–Trinajstić information content (AvgIpc) is 2.68. The molecule has 0 atom stereocenters. The molecule has 27 heavy (non-hydrogen) atoms. The van der Waals surface area contributed by atoms with Crippen LogP contribution in [0.5, 0.6) is 0 Å². The monoisotopic (exact) mass is 435 g/mol. The summed E-state index contributed by atoms with van der Waals surface area (Å²) >= 11 is 3.23. The maximum absolute atomic E-state index is 13.8. The van der Waals surface area contributed by atoms with Crippen LogP contribution in [0.1, 0.15) is 12.0 Å². The fraction of sp³-hybridized carbons (Fsp3) is 0.421. The number of benzene rings is 1. The first-order valence-electron chi connectivity index (χ1n) is 9.07.